The molecule has 3 rings (SSSR count). The summed E-state index contributed by atoms with van der Waals surface area (Å²) >= 11 is 0. The van der Waals surface area contributed by atoms with Crippen molar-refractivity contribution in [3.05, 3.63) is 41.7 Å². The molecule has 118 valence electrons. The minimum atomic E-state index is -3.66. The van der Waals surface area contributed by atoms with Crippen LogP contribution in [0.3, 0.4) is 0 Å². The lowest BCUT2D eigenvalue weighted by molar-refractivity contribution is 0.108. The number of benzene rings is 1. The molecule has 0 aliphatic carbocycles. The summed E-state index contributed by atoms with van der Waals surface area (Å²) in [6.07, 6.45) is 1.97. The Hall–Kier alpha value is -1.86. The molecule has 0 saturated carbocycles. The van der Waals surface area contributed by atoms with E-state index in [0.717, 1.165) is 11.3 Å². The van der Waals surface area contributed by atoms with Crippen LogP contribution >= 0.6 is 0 Å². The van der Waals surface area contributed by atoms with E-state index in [9.17, 15) is 8.42 Å². The third-order valence-corrected chi connectivity index (χ3v) is 6.05. The number of para-hydroxylation sites is 1. The van der Waals surface area contributed by atoms with Crippen LogP contribution in [-0.2, 0) is 28.2 Å². The first-order chi connectivity index (χ1) is 10.4. The molecular weight excluding hydrogens is 302 g/mol. The fourth-order valence-corrected chi connectivity index (χ4v) is 4.48. The van der Waals surface area contributed by atoms with Gasteiger partial charge in [0.25, 0.3) is 10.0 Å². The highest BCUT2D eigenvalue weighted by Gasteiger charge is 2.35. The Morgan fingerprint density at radius 1 is 1.32 bits per heavy atom. The summed E-state index contributed by atoms with van der Waals surface area (Å²) in [6, 6.07) is 7.55. The molecule has 7 heteroatoms. The molecule has 1 aliphatic heterocycles. The van der Waals surface area contributed by atoms with Crippen molar-refractivity contribution in [3.63, 3.8) is 0 Å². The Kier molecular flexibility index (Phi) is 3.70. The van der Waals surface area contributed by atoms with Crippen molar-refractivity contribution in [3.8, 4) is 0 Å². The summed E-state index contributed by atoms with van der Waals surface area (Å²) in [7, 11) is -0.316. The number of rotatable bonds is 3. The van der Waals surface area contributed by atoms with Crippen molar-refractivity contribution in [2.24, 2.45) is 7.05 Å². The highest BCUT2D eigenvalue weighted by atomic mass is 32.2. The predicted octanol–water partition coefficient (Wildman–Crippen LogP) is 1.49. The molecule has 1 atom stereocenters. The highest BCUT2D eigenvalue weighted by molar-refractivity contribution is 7.92. The first kappa shape index (κ1) is 15.1. The van der Waals surface area contributed by atoms with Crippen molar-refractivity contribution in [1.29, 1.82) is 0 Å². The standard InChI is InChI=1S/C15H19N3O3S/c1-11-15(9-16-17(11)2)22(19,20)18-10-13(21-3)8-12-6-4-5-7-14(12)18/h4-7,9,13H,8,10H2,1-3H3/t13-/m0/s1. The van der Waals surface area contributed by atoms with Crippen LogP contribution in [0.1, 0.15) is 11.3 Å². The van der Waals surface area contributed by atoms with Crippen LogP contribution in [0.2, 0.25) is 0 Å². The van der Waals surface area contributed by atoms with E-state index in [-0.39, 0.29) is 11.0 Å². The van der Waals surface area contributed by atoms with E-state index in [0.29, 0.717) is 18.7 Å². The van der Waals surface area contributed by atoms with E-state index in [4.69, 9.17) is 4.74 Å². The fraction of sp³-hybridized carbons (Fsp3) is 0.400. The topological polar surface area (TPSA) is 64.4 Å². The zero-order valence-electron chi connectivity index (χ0n) is 12.9. The third kappa shape index (κ3) is 2.30. The Morgan fingerprint density at radius 2 is 2.05 bits per heavy atom. The zero-order chi connectivity index (χ0) is 15.9. The van der Waals surface area contributed by atoms with Gasteiger partial charge < -0.3 is 4.74 Å². The second-order valence-electron chi connectivity index (χ2n) is 5.44. The number of ether oxygens (including phenoxy) is 1. The number of aryl methyl sites for hydroxylation is 1. The number of aromatic nitrogens is 2. The first-order valence-electron chi connectivity index (χ1n) is 7.07. The average Bonchev–Trinajstić information content (AvgIpc) is 2.86. The Labute approximate surface area is 130 Å². The van der Waals surface area contributed by atoms with E-state index >= 15 is 0 Å². The van der Waals surface area contributed by atoms with E-state index in [1.807, 2.05) is 24.3 Å². The summed E-state index contributed by atoms with van der Waals surface area (Å²) in [4.78, 5) is 0.238. The molecule has 1 aliphatic rings. The largest absolute Gasteiger partial charge is 0.379 e. The first-order valence-corrected chi connectivity index (χ1v) is 8.51. The second-order valence-corrected chi connectivity index (χ2v) is 7.28. The van der Waals surface area contributed by atoms with Gasteiger partial charge in [0.05, 0.1) is 30.2 Å². The molecule has 0 amide bonds. The SMILES string of the molecule is CO[C@H]1Cc2ccccc2N(S(=O)(=O)c2cnn(C)c2C)C1. The summed E-state index contributed by atoms with van der Waals surface area (Å²) in [5.41, 5.74) is 2.32. The van der Waals surface area contributed by atoms with Gasteiger partial charge in [0.1, 0.15) is 4.90 Å². The normalized spacial score (nSPS) is 18.3. The number of hydrogen-bond acceptors (Lipinski definition) is 4. The molecular formula is C15H19N3O3S. The maximum absolute atomic E-state index is 13.1. The lowest BCUT2D eigenvalue weighted by Gasteiger charge is -2.34. The molecule has 2 heterocycles. The van der Waals surface area contributed by atoms with Crippen LogP contribution in [0.25, 0.3) is 0 Å². The van der Waals surface area contributed by atoms with Gasteiger partial charge in [0, 0.05) is 20.6 Å². The predicted molar refractivity (Wildman–Crippen MR) is 83.4 cm³/mol. The van der Waals surface area contributed by atoms with Crippen molar-refractivity contribution < 1.29 is 13.2 Å². The van der Waals surface area contributed by atoms with Crippen LogP contribution < -0.4 is 4.31 Å². The molecule has 0 spiro atoms. The maximum atomic E-state index is 13.1. The molecule has 0 bridgehead atoms. The third-order valence-electron chi connectivity index (χ3n) is 4.17. The van der Waals surface area contributed by atoms with Crippen LogP contribution in [0.15, 0.2) is 35.4 Å². The molecule has 0 N–H and O–H groups in total. The Balaban J connectivity index is 2.12. The number of sulfonamides is 1. The Bertz CT molecular complexity index is 798. The number of fused-ring (bicyclic) bond motifs is 1. The van der Waals surface area contributed by atoms with Gasteiger partial charge in [0.2, 0.25) is 0 Å². The second kappa shape index (κ2) is 5.40. The van der Waals surface area contributed by atoms with Crippen LogP contribution in [0, 0.1) is 6.92 Å². The molecule has 1 aromatic heterocycles. The molecule has 22 heavy (non-hydrogen) atoms. The van der Waals surface area contributed by atoms with Crippen LogP contribution in [0.5, 0.6) is 0 Å². The number of methoxy groups -OCH3 is 1. The number of hydrogen-bond donors (Lipinski definition) is 0. The van der Waals surface area contributed by atoms with Gasteiger partial charge in [0.15, 0.2) is 0 Å². The van der Waals surface area contributed by atoms with Crippen LogP contribution in [-0.4, -0.2) is 38.0 Å². The smallest absolute Gasteiger partial charge is 0.267 e. The van der Waals surface area contributed by atoms with Gasteiger partial charge in [-0.2, -0.15) is 5.10 Å². The van der Waals surface area contributed by atoms with E-state index in [1.165, 1.54) is 10.5 Å². The van der Waals surface area contributed by atoms with Gasteiger partial charge in [-0.1, -0.05) is 18.2 Å². The minimum absolute atomic E-state index is 0.151. The van der Waals surface area contributed by atoms with E-state index < -0.39 is 10.0 Å². The van der Waals surface area contributed by atoms with Gasteiger partial charge in [-0.3, -0.25) is 8.99 Å². The highest BCUT2D eigenvalue weighted by Crippen LogP contribution is 2.33. The molecule has 0 unspecified atom stereocenters. The van der Waals surface area contributed by atoms with Gasteiger partial charge >= 0.3 is 0 Å². The van der Waals surface area contributed by atoms with Gasteiger partial charge in [-0.15, -0.1) is 0 Å². The van der Waals surface area contributed by atoms with Crippen molar-refractivity contribution in [2.45, 2.75) is 24.3 Å². The molecule has 1 aromatic carbocycles. The van der Waals surface area contributed by atoms with Crippen molar-refractivity contribution in [1.82, 2.24) is 9.78 Å². The molecule has 2 aromatic rings. The summed E-state index contributed by atoms with van der Waals surface area (Å²) in [5.74, 6) is 0. The maximum Gasteiger partial charge on any atom is 0.267 e. The molecule has 6 nitrogen and oxygen atoms in total. The van der Waals surface area contributed by atoms with Crippen molar-refractivity contribution in [2.75, 3.05) is 18.0 Å². The Morgan fingerprint density at radius 3 is 2.68 bits per heavy atom. The quantitative estimate of drug-likeness (QED) is 0.859. The lowest BCUT2D eigenvalue weighted by Crippen LogP contribution is -2.43. The van der Waals surface area contributed by atoms with Crippen molar-refractivity contribution >= 4 is 15.7 Å². The number of nitrogens with zero attached hydrogens (tertiary/aromatic N) is 3. The summed E-state index contributed by atoms with van der Waals surface area (Å²) in [5, 5.41) is 4.05. The fourth-order valence-electron chi connectivity index (χ4n) is 2.76. The monoisotopic (exact) mass is 321 g/mol. The zero-order valence-corrected chi connectivity index (χ0v) is 13.7. The number of anilines is 1. The average molecular weight is 321 g/mol. The van der Waals surface area contributed by atoms with Crippen LogP contribution in [0.4, 0.5) is 5.69 Å². The van der Waals surface area contributed by atoms with Gasteiger partial charge in [-0.05, 0) is 18.6 Å². The molecule has 0 radical (unpaired) electrons. The molecule has 0 saturated heterocycles. The van der Waals surface area contributed by atoms with Gasteiger partial charge in [-0.25, -0.2) is 8.42 Å². The van der Waals surface area contributed by atoms with E-state index in [2.05, 4.69) is 5.10 Å². The minimum Gasteiger partial charge on any atom is -0.379 e. The summed E-state index contributed by atoms with van der Waals surface area (Å²) in [6.45, 7) is 2.06. The lowest BCUT2D eigenvalue weighted by atomic mass is 10.0. The van der Waals surface area contributed by atoms with E-state index in [1.54, 1.807) is 25.8 Å². The molecule has 0 fully saturated rings. The summed E-state index contributed by atoms with van der Waals surface area (Å²) < 4.78 is 34.5.